The van der Waals surface area contributed by atoms with Gasteiger partial charge < -0.3 is 10.6 Å². The lowest BCUT2D eigenvalue weighted by Gasteiger charge is -2.36. The number of carbonyl (C=O) groups is 1. The van der Waals surface area contributed by atoms with Crippen LogP contribution in [0.25, 0.3) is 6.08 Å². The number of hydrogen-bond donors (Lipinski definition) is 2. The molecule has 1 aliphatic heterocycles. The fourth-order valence-corrected chi connectivity index (χ4v) is 4.55. The number of carbonyl (C=O) groups excluding carboxylic acids is 1. The van der Waals surface area contributed by atoms with Crippen LogP contribution < -0.4 is 16.2 Å². The van der Waals surface area contributed by atoms with E-state index in [0.29, 0.717) is 5.82 Å². The molecule has 138 valence electrons. The summed E-state index contributed by atoms with van der Waals surface area (Å²) in [4.78, 5) is 34.1. The van der Waals surface area contributed by atoms with Gasteiger partial charge >= 0.3 is 0 Å². The first-order chi connectivity index (χ1) is 12.8. The van der Waals surface area contributed by atoms with Crippen molar-refractivity contribution in [1.82, 2.24) is 19.9 Å². The Hall–Kier alpha value is -2.67. The van der Waals surface area contributed by atoms with Crippen LogP contribution in [0.2, 0.25) is 5.02 Å². The number of fused-ring (bicyclic) bond motifs is 3. The second kappa shape index (κ2) is 5.19. The minimum Gasteiger partial charge on any atom is -0.335 e. The molecule has 1 saturated carbocycles. The third-order valence-corrected chi connectivity index (χ3v) is 6.06. The van der Waals surface area contributed by atoms with Crippen LogP contribution in [0.3, 0.4) is 0 Å². The molecule has 1 amide bonds. The van der Waals surface area contributed by atoms with Gasteiger partial charge in [-0.1, -0.05) is 30.2 Å². The molecular formula is C19H18ClN5O2. The lowest BCUT2D eigenvalue weighted by Crippen LogP contribution is -2.42. The Morgan fingerprint density at radius 1 is 1.26 bits per heavy atom. The van der Waals surface area contributed by atoms with Crippen molar-refractivity contribution in [2.75, 3.05) is 5.32 Å². The lowest BCUT2D eigenvalue weighted by molar-refractivity contribution is 0.0935. The highest BCUT2D eigenvalue weighted by atomic mass is 35.5. The maximum atomic E-state index is 13.1. The van der Waals surface area contributed by atoms with Gasteiger partial charge in [-0.3, -0.25) is 14.2 Å². The van der Waals surface area contributed by atoms with Crippen LogP contribution in [0.15, 0.2) is 23.3 Å². The monoisotopic (exact) mass is 383 g/mol. The molecular weight excluding hydrogens is 366 g/mol. The zero-order chi connectivity index (χ0) is 19.0. The summed E-state index contributed by atoms with van der Waals surface area (Å²) in [5.41, 5.74) is 1.22. The van der Waals surface area contributed by atoms with Crippen molar-refractivity contribution in [3.8, 4) is 0 Å². The van der Waals surface area contributed by atoms with Crippen LogP contribution in [0.1, 0.15) is 54.9 Å². The van der Waals surface area contributed by atoms with Gasteiger partial charge in [-0.15, -0.1) is 0 Å². The molecule has 8 heteroatoms. The standard InChI is InChI=1S/C19H18ClN5O2/c1-18(2)24-16(26)13-11(20)8-12(17(27)25(13)18)23-15-10-4-7-19(5-3-6-19)14(10)21-9-22-15/h4,7-9H,3,5-6H2,1-2H3,(H,24,26)(H,21,22,23). The van der Waals surface area contributed by atoms with E-state index in [1.54, 1.807) is 13.8 Å². The summed E-state index contributed by atoms with van der Waals surface area (Å²) in [5.74, 6) is 0.218. The Balaban J connectivity index is 1.62. The highest BCUT2D eigenvalue weighted by Crippen LogP contribution is 2.50. The lowest BCUT2D eigenvalue weighted by atomic mass is 9.68. The topological polar surface area (TPSA) is 88.9 Å². The summed E-state index contributed by atoms with van der Waals surface area (Å²) < 4.78 is 1.39. The van der Waals surface area contributed by atoms with Crippen LogP contribution in [0.4, 0.5) is 11.5 Å². The molecule has 2 N–H and O–H groups in total. The Morgan fingerprint density at radius 3 is 2.74 bits per heavy atom. The Kier molecular flexibility index (Phi) is 3.17. The maximum Gasteiger partial charge on any atom is 0.276 e. The van der Waals surface area contributed by atoms with Gasteiger partial charge in [-0.05, 0) is 32.8 Å². The van der Waals surface area contributed by atoms with E-state index in [0.717, 1.165) is 24.1 Å². The van der Waals surface area contributed by atoms with Crippen LogP contribution in [-0.4, -0.2) is 20.4 Å². The number of rotatable bonds is 2. The van der Waals surface area contributed by atoms with Crippen molar-refractivity contribution in [2.24, 2.45) is 0 Å². The number of pyridine rings is 1. The van der Waals surface area contributed by atoms with E-state index in [1.165, 1.54) is 23.4 Å². The molecule has 2 aromatic heterocycles. The van der Waals surface area contributed by atoms with E-state index >= 15 is 0 Å². The van der Waals surface area contributed by atoms with Crippen molar-refractivity contribution in [1.29, 1.82) is 0 Å². The van der Waals surface area contributed by atoms with E-state index in [1.807, 2.05) is 6.08 Å². The minimum absolute atomic E-state index is 0.0255. The number of nitrogens with one attached hydrogen (secondary N) is 2. The first kappa shape index (κ1) is 16.5. The molecule has 0 atom stereocenters. The Morgan fingerprint density at radius 2 is 2.04 bits per heavy atom. The number of halogens is 1. The summed E-state index contributed by atoms with van der Waals surface area (Å²) >= 11 is 6.32. The third-order valence-electron chi connectivity index (χ3n) is 5.77. The third kappa shape index (κ3) is 2.15. The van der Waals surface area contributed by atoms with Crippen LogP contribution in [0.5, 0.6) is 0 Å². The molecule has 2 aliphatic carbocycles. The average Bonchev–Trinajstić information content (AvgIpc) is 3.08. The summed E-state index contributed by atoms with van der Waals surface area (Å²) in [7, 11) is 0. The minimum atomic E-state index is -0.853. The van der Waals surface area contributed by atoms with Gasteiger partial charge in [0.1, 0.15) is 29.2 Å². The molecule has 27 heavy (non-hydrogen) atoms. The molecule has 2 aromatic rings. The second-order valence-corrected chi connectivity index (χ2v) is 8.27. The van der Waals surface area contributed by atoms with Gasteiger partial charge in [-0.25, -0.2) is 9.97 Å². The summed E-state index contributed by atoms with van der Waals surface area (Å²) in [5, 5.41) is 6.12. The molecule has 0 saturated heterocycles. The number of anilines is 2. The van der Waals surface area contributed by atoms with E-state index in [4.69, 9.17) is 11.6 Å². The molecule has 3 aliphatic rings. The zero-order valence-corrected chi connectivity index (χ0v) is 15.7. The highest BCUT2D eigenvalue weighted by molar-refractivity contribution is 6.34. The number of aromatic nitrogens is 3. The van der Waals surface area contributed by atoms with Gasteiger partial charge in [0.25, 0.3) is 11.5 Å². The first-order valence-corrected chi connectivity index (χ1v) is 9.30. The molecule has 1 fully saturated rings. The van der Waals surface area contributed by atoms with Gasteiger partial charge in [0.2, 0.25) is 0 Å². The molecule has 0 bridgehead atoms. The summed E-state index contributed by atoms with van der Waals surface area (Å²) in [6, 6.07) is 1.49. The number of hydrogen-bond acceptors (Lipinski definition) is 5. The number of amides is 1. The molecule has 0 unspecified atom stereocenters. The quantitative estimate of drug-likeness (QED) is 0.832. The molecule has 0 aromatic carbocycles. The van der Waals surface area contributed by atoms with E-state index < -0.39 is 5.66 Å². The number of allylic oxidation sites excluding steroid dienone is 1. The van der Waals surface area contributed by atoms with Crippen LogP contribution in [0, 0.1) is 0 Å². The van der Waals surface area contributed by atoms with Crippen molar-refractivity contribution in [2.45, 2.75) is 44.2 Å². The van der Waals surface area contributed by atoms with E-state index in [9.17, 15) is 9.59 Å². The molecule has 1 spiro atoms. The van der Waals surface area contributed by atoms with Gasteiger partial charge in [0, 0.05) is 11.0 Å². The van der Waals surface area contributed by atoms with Crippen molar-refractivity contribution < 1.29 is 4.79 Å². The molecule has 3 heterocycles. The Labute approximate surface area is 160 Å². The largest absolute Gasteiger partial charge is 0.335 e. The fraction of sp³-hybridized carbons (Fsp3) is 0.368. The maximum absolute atomic E-state index is 13.1. The average molecular weight is 384 g/mol. The SMILES string of the molecule is CC1(C)NC(=O)c2c(Cl)cc(Nc3ncnc4c3C=CC43CCC3)c(=O)n21. The van der Waals surface area contributed by atoms with E-state index in [-0.39, 0.29) is 33.3 Å². The molecule has 0 radical (unpaired) electrons. The molecule has 5 rings (SSSR count). The number of nitrogens with zero attached hydrogens (tertiary/aromatic N) is 3. The van der Waals surface area contributed by atoms with Gasteiger partial charge in [0.05, 0.1) is 10.7 Å². The molecule has 7 nitrogen and oxygen atoms in total. The van der Waals surface area contributed by atoms with Gasteiger partial charge in [0.15, 0.2) is 0 Å². The predicted octanol–water partition coefficient (Wildman–Crippen LogP) is 2.92. The normalized spacial score (nSPS) is 20.2. The Bertz CT molecular complexity index is 1100. The first-order valence-electron chi connectivity index (χ1n) is 8.93. The fourth-order valence-electron chi connectivity index (χ4n) is 4.27. The summed E-state index contributed by atoms with van der Waals surface area (Å²) in [6.07, 6.45) is 9.10. The second-order valence-electron chi connectivity index (χ2n) is 7.86. The predicted molar refractivity (Wildman–Crippen MR) is 102 cm³/mol. The van der Waals surface area contributed by atoms with Crippen LogP contribution in [-0.2, 0) is 11.1 Å². The smallest absolute Gasteiger partial charge is 0.276 e. The zero-order valence-electron chi connectivity index (χ0n) is 15.0. The van der Waals surface area contributed by atoms with Gasteiger partial charge in [-0.2, -0.15) is 0 Å². The van der Waals surface area contributed by atoms with Crippen molar-refractivity contribution in [3.05, 3.63) is 50.8 Å². The summed E-state index contributed by atoms with van der Waals surface area (Å²) in [6.45, 7) is 3.52. The van der Waals surface area contributed by atoms with Crippen LogP contribution >= 0.6 is 11.6 Å². The van der Waals surface area contributed by atoms with Crippen molar-refractivity contribution >= 4 is 35.1 Å². The van der Waals surface area contributed by atoms with E-state index in [2.05, 4.69) is 26.7 Å². The van der Waals surface area contributed by atoms with Crippen molar-refractivity contribution in [3.63, 3.8) is 0 Å². The highest BCUT2D eigenvalue weighted by Gasteiger charge is 2.43.